The second-order valence-electron chi connectivity index (χ2n) is 13.8. The van der Waals surface area contributed by atoms with Gasteiger partial charge in [0.05, 0.1) is 5.16 Å². The van der Waals surface area contributed by atoms with E-state index in [1.807, 2.05) is 0 Å². The summed E-state index contributed by atoms with van der Waals surface area (Å²) < 4.78 is 41.4. The van der Waals surface area contributed by atoms with Crippen molar-refractivity contribution in [1.82, 2.24) is 0 Å². The van der Waals surface area contributed by atoms with E-state index in [9.17, 15) is 0 Å². The molecule has 0 bridgehead atoms. The van der Waals surface area contributed by atoms with Crippen molar-refractivity contribution in [3.05, 3.63) is 0 Å². The average Bonchev–Trinajstić information content (AvgIpc) is 2.89. The predicted molar refractivity (Wildman–Crippen MR) is 183 cm³/mol. The van der Waals surface area contributed by atoms with Crippen LogP contribution in [0.4, 0.5) is 0 Å². The minimum Gasteiger partial charge on any atom is -0.357 e. The smallest absolute Gasteiger partial charge is 0.357 e. The maximum atomic E-state index is 6.90. The van der Waals surface area contributed by atoms with E-state index in [4.69, 9.17) is 65.1 Å². The van der Waals surface area contributed by atoms with Crippen LogP contribution in [0.3, 0.4) is 0 Å². The molecule has 0 amide bonds. The zero-order valence-corrected chi connectivity index (χ0v) is 31.3. The fraction of sp³-hybridized carbons (Fsp3) is 0.667. The lowest BCUT2D eigenvalue weighted by Gasteiger charge is -2.51. The lowest BCUT2D eigenvalue weighted by atomic mass is 10.2. The third kappa shape index (κ3) is 12.5. The maximum Gasteiger partial charge on any atom is 0.512 e. The summed E-state index contributed by atoms with van der Waals surface area (Å²) in [5.74, 6) is 16.2. The molecule has 0 aliphatic heterocycles. The minimum absolute atomic E-state index is 0.371. The normalized spacial score (nSPS) is 13.6. The van der Waals surface area contributed by atoms with E-state index in [-0.39, 0.29) is 0 Å². The van der Waals surface area contributed by atoms with E-state index in [1.54, 1.807) is 83.1 Å². The van der Waals surface area contributed by atoms with E-state index in [0.717, 1.165) is 12.8 Å². The van der Waals surface area contributed by atoms with Gasteiger partial charge in [0, 0.05) is 0 Å². The molecule has 0 aliphatic rings. The summed E-state index contributed by atoms with van der Waals surface area (Å²) in [6, 6.07) is 0. The number of unbranched alkanes of at least 4 members (excludes halogenated alkanes) is 2. The van der Waals surface area contributed by atoms with Crippen molar-refractivity contribution in [2.24, 2.45) is 0 Å². The van der Waals surface area contributed by atoms with Crippen molar-refractivity contribution in [1.29, 1.82) is 0 Å². The molecule has 0 saturated heterocycles. The molecule has 0 atom stereocenters. The van der Waals surface area contributed by atoms with Crippen LogP contribution in [-0.2, 0) is 26.6 Å². The summed E-state index contributed by atoms with van der Waals surface area (Å²) in [7, 11) is -8.73. The van der Waals surface area contributed by atoms with Gasteiger partial charge >= 0.3 is 17.6 Å². The van der Waals surface area contributed by atoms with Crippen LogP contribution in [0.5, 0.6) is 0 Å². The Bertz CT molecular complexity index is 1000. The lowest BCUT2D eigenvalue weighted by Crippen LogP contribution is -2.71. The van der Waals surface area contributed by atoms with E-state index >= 15 is 0 Å². The van der Waals surface area contributed by atoms with Gasteiger partial charge in [-0.25, -0.2) is 0 Å². The van der Waals surface area contributed by atoms with Gasteiger partial charge in [0.1, 0.15) is 33.6 Å². The summed E-state index contributed by atoms with van der Waals surface area (Å²) in [5, 5.41) is -0.901. The lowest BCUT2D eigenvalue weighted by molar-refractivity contribution is -0.0771. The molecule has 0 aromatic carbocycles. The quantitative estimate of drug-likeness (QED) is 0.0923. The van der Waals surface area contributed by atoms with Crippen molar-refractivity contribution >= 4 is 17.6 Å². The van der Waals surface area contributed by atoms with Crippen LogP contribution >= 0.6 is 0 Å². The molecule has 0 unspecified atom stereocenters. The van der Waals surface area contributed by atoms with Gasteiger partial charge in [-0.1, -0.05) is 61.7 Å². The highest BCUT2D eigenvalue weighted by atomic mass is 28.5. The molecule has 44 heavy (non-hydrogen) atoms. The van der Waals surface area contributed by atoms with Gasteiger partial charge in [-0.2, -0.15) is 0 Å². The molecule has 0 N–H and O–H groups in total. The Hall–Kier alpha value is -2.45. The molecule has 0 radical (unpaired) electrons. The average molecular weight is 639 g/mol. The first-order valence-corrected chi connectivity index (χ1v) is 18.5. The standard InChI is InChI=1S/C36H54O6Si2/c1-20-27-28-29-30(43(37-31(8,9)21-2,38-32(10,11)22-3)39-33(12,13)23-4)44(40-34(14,15)24-5,41-35(16,17)25-6)42-36(18,19)26-7/h2-7,30H,20,27-29H2,1,8-19H3. The largest absolute Gasteiger partial charge is 0.512 e. The monoisotopic (exact) mass is 638 g/mol. The fourth-order valence-electron chi connectivity index (χ4n) is 4.03. The Morgan fingerprint density at radius 3 is 0.795 bits per heavy atom. The van der Waals surface area contributed by atoms with Crippen molar-refractivity contribution < 1.29 is 26.6 Å². The second-order valence-corrected chi connectivity index (χ2v) is 19.4. The third-order valence-corrected chi connectivity index (χ3v) is 15.6. The van der Waals surface area contributed by atoms with Gasteiger partial charge in [0.25, 0.3) is 0 Å². The highest BCUT2D eigenvalue weighted by molar-refractivity contribution is 6.83. The Morgan fingerprint density at radius 1 is 0.432 bits per heavy atom. The molecular formula is C36H54O6Si2. The molecule has 0 saturated carbocycles. The van der Waals surface area contributed by atoms with Crippen molar-refractivity contribution in [3.8, 4) is 74.1 Å². The number of hydrogen-bond donors (Lipinski definition) is 0. The van der Waals surface area contributed by atoms with Crippen molar-refractivity contribution in [3.63, 3.8) is 0 Å². The van der Waals surface area contributed by atoms with E-state index in [2.05, 4.69) is 42.4 Å². The Balaban J connectivity index is 8.64. The zero-order chi connectivity index (χ0) is 34.9. The van der Waals surface area contributed by atoms with Crippen LogP contribution in [0.25, 0.3) is 0 Å². The van der Waals surface area contributed by atoms with Crippen molar-refractivity contribution in [2.75, 3.05) is 0 Å². The first-order chi connectivity index (χ1) is 19.8. The molecule has 0 aromatic rings. The molecule has 8 heteroatoms. The molecule has 0 rings (SSSR count). The Kier molecular flexibility index (Phi) is 14.4. The molecule has 0 fully saturated rings. The topological polar surface area (TPSA) is 55.4 Å². The van der Waals surface area contributed by atoms with Crippen LogP contribution in [0.1, 0.15) is 116 Å². The molecule has 0 aromatic heterocycles. The van der Waals surface area contributed by atoms with Gasteiger partial charge in [0.2, 0.25) is 0 Å². The van der Waals surface area contributed by atoms with E-state index < -0.39 is 56.4 Å². The first-order valence-electron chi connectivity index (χ1n) is 14.9. The highest BCUT2D eigenvalue weighted by Crippen LogP contribution is 2.49. The zero-order valence-electron chi connectivity index (χ0n) is 29.3. The summed E-state index contributed by atoms with van der Waals surface area (Å²) >= 11 is 0. The Morgan fingerprint density at radius 2 is 0.636 bits per heavy atom. The SMILES string of the molecule is C#CC(C)(C)O[Si](OC(C)(C)C#C)(OC(C)(C)C#C)C(CCCCC)[Si](OC(C)(C)C#C)(OC(C)(C)C#C)OC(C)(C)C#C. The molecule has 0 aliphatic carbocycles. The molecule has 242 valence electrons. The van der Waals surface area contributed by atoms with Crippen LogP contribution < -0.4 is 0 Å². The predicted octanol–water partition coefficient (Wildman–Crippen LogP) is 6.92. The molecule has 0 spiro atoms. The highest BCUT2D eigenvalue weighted by Gasteiger charge is 2.72. The van der Waals surface area contributed by atoms with Gasteiger partial charge in [-0.3, -0.25) is 0 Å². The van der Waals surface area contributed by atoms with Gasteiger partial charge in [-0.15, -0.1) is 38.5 Å². The third-order valence-electron chi connectivity index (χ3n) is 6.42. The van der Waals surface area contributed by atoms with E-state index in [1.165, 1.54) is 0 Å². The van der Waals surface area contributed by atoms with Gasteiger partial charge in [0.15, 0.2) is 0 Å². The minimum atomic E-state index is -4.36. The summed E-state index contributed by atoms with van der Waals surface area (Å²) in [4.78, 5) is 0. The summed E-state index contributed by atoms with van der Waals surface area (Å²) in [6.07, 6.45) is 38.8. The van der Waals surface area contributed by atoms with E-state index in [0.29, 0.717) is 12.8 Å². The number of hydrogen-bond acceptors (Lipinski definition) is 6. The number of rotatable bonds is 18. The van der Waals surface area contributed by atoms with Gasteiger partial charge in [-0.05, 0) is 89.5 Å². The maximum absolute atomic E-state index is 6.90. The summed E-state index contributed by atoms with van der Waals surface area (Å²) in [6.45, 7) is 22.8. The van der Waals surface area contributed by atoms with Crippen LogP contribution in [0.2, 0.25) is 5.16 Å². The van der Waals surface area contributed by atoms with Crippen molar-refractivity contribution in [2.45, 2.75) is 154 Å². The summed E-state index contributed by atoms with van der Waals surface area (Å²) in [5.41, 5.74) is -7.36. The first kappa shape index (κ1) is 41.6. The fourth-order valence-corrected chi connectivity index (χ4v) is 13.7. The molecule has 6 nitrogen and oxygen atoms in total. The second kappa shape index (κ2) is 15.2. The van der Waals surface area contributed by atoms with Gasteiger partial charge < -0.3 is 26.6 Å². The van der Waals surface area contributed by atoms with Crippen LogP contribution in [-0.4, -0.2) is 51.2 Å². The molecular weight excluding hydrogens is 585 g/mol. The molecule has 0 heterocycles. The number of terminal acetylenes is 6. The van der Waals surface area contributed by atoms with Crippen LogP contribution in [0, 0.1) is 74.1 Å². The van der Waals surface area contributed by atoms with Crippen LogP contribution in [0.15, 0.2) is 0 Å². The Labute approximate surface area is 272 Å².